The second-order valence-electron chi connectivity index (χ2n) is 3.07. The molecule has 1 aliphatic rings. The van der Waals surface area contributed by atoms with Crippen LogP contribution in [0.25, 0.3) is 0 Å². The van der Waals surface area contributed by atoms with Gasteiger partial charge in [0, 0.05) is 11.4 Å². The van der Waals surface area contributed by atoms with Crippen LogP contribution in [0.5, 0.6) is 0 Å². The molecule has 1 nitrogen and oxygen atoms in total. The van der Waals surface area contributed by atoms with Crippen molar-refractivity contribution in [3.05, 3.63) is 0 Å². The SMILES string of the molecule is CCCCNC1CC(Cl)C1. The number of alkyl halides is 1. The molecule has 0 atom stereocenters. The van der Waals surface area contributed by atoms with Gasteiger partial charge in [-0.15, -0.1) is 11.6 Å². The van der Waals surface area contributed by atoms with Gasteiger partial charge in [0.05, 0.1) is 0 Å². The molecule has 0 radical (unpaired) electrons. The molecule has 0 aromatic carbocycles. The fraction of sp³-hybridized carbons (Fsp3) is 1.00. The molecular weight excluding hydrogens is 146 g/mol. The van der Waals surface area contributed by atoms with Crippen LogP contribution in [0.2, 0.25) is 0 Å². The van der Waals surface area contributed by atoms with Crippen LogP contribution in [-0.2, 0) is 0 Å². The first-order chi connectivity index (χ1) is 4.83. The highest BCUT2D eigenvalue weighted by Crippen LogP contribution is 2.24. The van der Waals surface area contributed by atoms with Crippen LogP contribution in [-0.4, -0.2) is 18.0 Å². The first kappa shape index (κ1) is 8.35. The van der Waals surface area contributed by atoms with Crippen LogP contribution in [0, 0.1) is 0 Å². The summed E-state index contributed by atoms with van der Waals surface area (Å²) in [5.74, 6) is 0. The summed E-state index contributed by atoms with van der Waals surface area (Å²) in [5.41, 5.74) is 0. The zero-order chi connectivity index (χ0) is 7.40. The van der Waals surface area contributed by atoms with E-state index in [0.717, 1.165) is 6.04 Å². The summed E-state index contributed by atoms with van der Waals surface area (Å²) in [6.07, 6.45) is 4.92. The summed E-state index contributed by atoms with van der Waals surface area (Å²) in [6.45, 7) is 3.39. The lowest BCUT2D eigenvalue weighted by Crippen LogP contribution is -2.42. The molecule has 1 saturated carbocycles. The number of hydrogen-bond acceptors (Lipinski definition) is 1. The van der Waals surface area contributed by atoms with E-state index in [1.54, 1.807) is 0 Å². The predicted molar refractivity (Wildman–Crippen MR) is 45.6 cm³/mol. The summed E-state index contributed by atoms with van der Waals surface area (Å²) in [4.78, 5) is 0. The summed E-state index contributed by atoms with van der Waals surface area (Å²) in [5, 5.41) is 3.92. The number of unbranched alkanes of at least 4 members (excludes halogenated alkanes) is 1. The Balaban J connectivity index is 1.86. The standard InChI is InChI=1S/C8H16ClN/c1-2-3-4-10-8-5-7(9)6-8/h7-8,10H,2-6H2,1H3. The highest BCUT2D eigenvalue weighted by Gasteiger charge is 2.25. The molecule has 10 heavy (non-hydrogen) atoms. The highest BCUT2D eigenvalue weighted by atomic mass is 35.5. The zero-order valence-corrected chi connectivity index (χ0v) is 7.32. The molecule has 1 N–H and O–H groups in total. The number of halogens is 1. The first-order valence-electron chi connectivity index (χ1n) is 4.20. The third kappa shape index (κ3) is 2.47. The summed E-state index contributed by atoms with van der Waals surface area (Å²) < 4.78 is 0. The molecule has 0 aromatic rings. The van der Waals surface area contributed by atoms with Gasteiger partial charge < -0.3 is 5.32 Å². The molecular formula is C8H16ClN. The molecule has 60 valence electrons. The van der Waals surface area contributed by atoms with Crippen molar-refractivity contribution in [3.8, 4) is 0 Å². The lowest BCUT2D eigenvalue weighted by atomic mass is 9.92. The van der Waals surface area contributed by atoms with E-state index in [1.807, 2.05) is 0 Å². The van der Waals surface area contributed by atoms with Gasteiger partial charge in [0.2, 0.25) is 0 Å². The maximum atomic E-state index is 5.82. The van der Waals surface area contributed by atoms with E-state index in [9.17, 15) is 0 Å². The van der Waals surface area contributed by atoms with Crippen molar-refractivity contribution in [2.75, 3.05) is 6.54 Å². The molecule has 0 bridgehead atoms. The van der Waals surface area contributed by atoms with E-state index in [2.05, 4.69) is 12.2 Å². The van der Waals surface area contributed by atoms with Crippen LogP contribution < -0.4 is 5.32 Å². The van der Waals surface area contributed by atoms with Crippen molar-refractivity contribution in [3.63, 3.8) is 0 Å². The fourth-order valence-corrected chi connectivity index (χ4v) is 1.63. The van der Waals surface area contributed by atoms with Crippen LogP contribution in [0.1, 0.15) is 32.6 Å². The van der Waals surface area contributed by atoms with Crippen LogP contribution in [0.4, 0.5) is 0 Å². The van der Waals surface area contributed by atoms with Crippen molar-refractivity contribution in [1.82, 2.24) is 5.32 Å². The molecule has 0 spiro atoms. The highest BCUT2D eigenvalue weighted by molar-refractivity contribution is 6.21. The first-order valence-corrected chi connectivity index (χ1v) is 4.64. The third-order valence-electron chi connectivity index (χ3n) is 2.04. The lowest BCUT2D eigenvalue weighted by Gasteiger charge is -2.31. The smallest absolute Gasteiger partial charge is 0.0365 e. The Bertz CT molecular complexity index is 89.3. The van der Waals surface area contributed by atoms with Gasteiger partial charge in [-0.1, -0.05) is 13.3 Å². The largest absolute Gasteiger partial charge is 0.314 e. The Kier molecular flexibility index (Phi) is 3.50. The van der Waals surface area contributed by atoms with Gasteiger partial charge in [0.25, 0.3) is 0 Å². The minimum atomic E-state index is 0.458. The molecule has 1 aliphatic carbocycles. The molecule has 0 amide bonds. The summed E-state index contributed by atoms with van der Waals surface area (Å²) in [7, 11) is 0. The molecule has 2 heteroatoms. The number of rotatable bonds is 4. The van der Waals surface area contributed by atoms with Gasteiger partial charge in [-0.3, -0.25) is 0 Å². The van der Waals surface area contributed by atoms with Crippen molar-refractivity contribution in [2.45, 2.75) is 44.0 Å². The van der Waals surface area contributed by atoms with Crippen LogP contribution in [0.15, 0.2) is 0 Å². The Morgan fingerprint density at radius 2 is 2.20 bits per heavy atom. The quantitative estimate of drug-likeness (QED) is 0.492. The lowest BCUT2D eigenvalue weighted by molar-refractivity contribution is 0.345. The molecule has 0 unspecified atom stereocenters. The fourth-order valence-electron chi connectivity index (χ4n) is 1.20. The normalized spacial score (nSPS) is 31.8. The molecule has 1 rings (SSSR count). The van der Waals surface area contributed by atoms with Crippen LogP contribution in [0.3, 0.4) is 0 Å². The van der Waals surface area contributed by atoms with Gasteiger partial charge in [0.1, 0.15) is 0 Å². The average molecular weight is 162 g/mol. The maximum absolute atomic E-state index is 5.82. The van der Waals surface area contributed by atoms with Crippen molar-refractivity contribution in [1.29, 1.82) is 0 Å². The topological polar surface area (TPSA) is 12.0 Å². The van der Waals surface area contributed by atoms with Gasteiger partial charge in [-0.05, 0) is 25.8 Å². The Morgan fingerprint density at radius 3 is 2.70 bits per heavy atom. The van der Waals surface area contributed by atoms with E-state index in [0.29, 0.717) is 5.38 Å². The molecule has 0 heterocycles. The number of hydrogen-bond donors (Lipinski definition) is 1. The minimum Gasteiger partial charge on any atom is -0.314 e. The van der Waals surface area contributed by atoms with E-state index >= 15 is 0 Å². The minimum absolute atomic E-state index is 0.458. The van der Waals surface area contributed by atoms with E-state index in [4.69, 9.17) is 11.6 Å². The molecule has 0 saturated heterocycles. The van der Waals surface area contributed by atoms with Crippen LogP contribution >= 0.6 is 11.6 Å². The zero-order valence-electron chi connectivity index (χ0n) is 6.57. The Hall–Kier alpha value is 0.250. The van der Waals surface area contributed by atoms with Gasteiger partial charge in [0.15, 0.2) is 0 Å². The Morgan fingerprint density at radius 1 is 1.50 bits per heavy atom. The van der Waals surface area contributed by atoms with Gasteiger partial charge in [-0.2, -0.15) is 0 Å². The maximum Gasteiger partial charge on any atom is 0.0365 e. The monoisotopic (exact) mass is 161 g/mol. The van der Waals surface area contributed by atoms with E-state index < -0.39 is 0 Å². The van der Waals surface area contributed by atoms with E-state index in [1.165, 1.54) is 32.2 Å². The summed E-state index contributed by atoms with van der Waals surface area (Å²) in [6, 6.07) is 0.731. The second-order valence-corrected chi connectivity index (χ2v) is 3.69. The van der Waals surface area contributed by atoms with Gasteiger partial charge >= 0.3 is 0 Å². The number of nitrogens with one attached hydrogen (secondary N) is 1. The molecule has 0 aromatic heterocycles. The van der Waals surface area contributed by atoms with Crippen molar-refractivity contribution < 1.29 is 0 Å². The second kappa shape index (κ2) is 4.20. The van der Waals surface area contributed by atoms with E-state index in [-0.39, 0.29) is 0 Å². The summed E-state index contributed by atoms with van der Waals surface area (Å²) >= 11 is 5.82. The predicted octanol–water partition coefficient (Wildman–Crippen LogP) is 2.15. The van der Waals surface area contributed by atoms with Crippen molar-refractivity contribution >= 4 is 11.6 Å². The molecule has 1 fully saturated rings. The third-order valence-corrected chi connectivity index (χ3v) is 2.40. The van der Waals surface area contributed by atoms with Gasteiger partial charge in [-0.25, -0.2) is 0 Å². The average Bonchev–Trinajstić information content (AvgIpc) is 1.85. The van der Waals surface area contributed by atoms with Crippen molar-refractivity contribution in [2.24, 2.45) is 0 Å². The Labute approximate surface area is 68.1 Å². The molecule has 0 aliphatic heterocycles.